The maximum atomic E-state index is 4.34. The number of aryl methyl sites for hydroxylation is 1. The van der Waals surface area contributed by atoms with Gasteiger partial charge in [-0.1, -0.05) is 30.7 Å². The lowest BCUT2D eigenvalue weighted by Crippen LogP contribution is -2.29. The molecule has 0 radical (unpaired) electrons. The molecular formula is C17H22N4S. The molecule has 22 heavy (non-hydrogen) atoms. The highest BCUT2D eigenvalue weighted by Gasteiger charge is 2.11. The summed E-state index contributed by atoms with van der Waals surface area (Å²) in [6.07, 6.45) is 5.91. The third-order valence-electron chi connectivity index (χ3n) is 3.88. The summed E-state index contributed by atoms with van der Waals surface area (Å²) in [5.41, 5.74) is 6.54. The molecule has 0 aliphatic carbocycles. The van der Waals surface area contributed by atoms with E-state index >= 15 is 0 Å². The van der Waals surface area contributed by atoms with Crippen molar-refractivity contribution >= 4 is 22.7 Å². The number of likely N-dealkylation sites (tertiary alicyclic amines) is 1. The highest BCUT2D eigenvalue weighted by molar-refractivity contribution is 7.13. The first-order valence-electron chi connectivity index (χ1n) is 7.83. The number of nitrogens with one attached hydrogen (secondary N) is 1. The number of aromatic nitrogens is 1. The highest BCUT2D eigenvalue weighted by atomic mass is 32.1. The van der Waals surface area contributed by atoms with Crippen LogP contribution in [-0.2, 0) is 6.54 Å². The first-order valence-corrected chi connectivity index (χ1v) is 8.71. The van der Waals surface area contributed by atoms with Crippen LogP contribution in [0.3, 0.4) is 0 Å². The van der Waals surface area contributed by atoms with Gasteiger partial charge in [-0.15, -0.1) is 11.3 Å². The molecule has 4 nitrogen and oxygen atoms in total. The Morgan fingerprint density at radius 1 is 1.27 bits per heavy atom. The van der Waals surface area contributed by atoms with E-state index in [4.69, 9.17) is 0 Å². The molecule has 1 aromatic carbocycles. The zero-order chi connectivity index (χ0) is 15.2. The van der Waals surface area contributed by atoms with Crippen LogP contribution in [-0.4, -0.2) is 29.2 Å². The third kappa shape index (κ3) is 4.15. The molecule has 3 rings (SSSR count). The molecule has 0 amide bonds. The summed E-state index contributed by atoms with van der Waals surface area (Å²) in [5.74, 6) is 0. The van der Waals surface area contributed by atoms with Crippen LogP contribution in [0.5, 0.6) is 0 Å². The average Bonchev–Trinajstić information content (AvgIpc) is 2.95. The number of anilines is 1. The number of thiazole rings is 1. The van der Waals surface area contributed by atoms with E-state index in [0.29, 0.717) is 0 Å². The van der Waals surface area contributed by atoms with Crippen molar-refractivity contribution in [1.82, 2.24) is 9.88 Å². The van der Waals surface area contributed by atoms with Gasteiger partial charge in [0, 0.05) is 11.9 Å². The molecule has 1 aliphatic rings. The molecule has 0 unspecified atom stereocenters. The molecule has 5 heteroatoms. The summed E-state index contributed by atoms with van der Waals surface area (Å²) in [4.78, 5) is 6.88. The van der Waals surface area contributed by atoms with E-state index in [9.17, 15) is 0 Å². The lowest BCUT2D eigenvalue weighted by Gasteiger charge is -2.26. The molecule has 1 aliphatic heterocycles. The fourth-order valence-electron chi connectivity index (χ4n) is 2.72. The van der Waals surface area contributed by atoms with Crippen LogP contribution in [0, 0.1) is 6.92 Å². The standard InChI is InChI=1S/C17H22N4S/c1-14-13-22-17(19-14)20-18-11-15-7-3-4-8-16(15)12-21-9-5-2-6-10-21/h3-4,7-8,11,13H,2,5-6,9-10,12H2,1H3,(H,19,20). The summed E-state index contributed by atoms with van der Waals surface area (Å²) in [7, 11) is 0. The topological polar surface area (TPSA) is 40.5 Å². The Morgan fingerprint density at radius 2 is 2.09 bits per heavy atom. The normalized spacial score (nSPS) is 16.2. The van der Waals surface area contributed by atoms with Gasteiger partial charge in [-0.3, -0.25) is 10.3 Å². The average molecular weight is 314 g/mol. The molecule has 1 saturated heterocycles. The Morgan fingerprint density at radius 3 is 2.86 bits per heavy atom. The summed E-state index contributed by atoms with van der Waals surface area (Å²) in [6.45, 7) is 5.42. The van der Waals surface area contributed by atoms with Crippen molar-refractivity contribution in [3.05, 3.63) is 46.5 Å². The largest absolute Gasteiger partial charge is 0.299 e. The molecule has 1 fully saturated rings. The van der Waals surface area contributed by atoms with Crippen molar-refractivity contribution in [3.63, 3.8) is 0 Å². The van der Waals surface area contributed by atoms with E-state index in [1.54, 1.807) is 11.3 Å². The zero-order valence-corrected chi connectivity index (χ0v) is 13.8. The van der Waals surface area contributed by atoms with E-state index in [0.717, 1.165) is 17.4 Å². The van der Waals surface area contributed by atoms with Crippen molar-refractivity contribution in [3.8, 4) is 0 Å². The van der Waals surface area contributed by atoms with Gasteiger partial charge in [0.05, 0.1) is 11.9 Å². The minimum atomic E-state index is 0.835. The monoisotopic (exact) mass is 314 g/mol. The van der Waals surface area contributed by atoms with Crippen molar-refractivity contribution in [2.75, 3.05) is 18.5 Å². The predicted octanol–water partition coefficient (Wildman–Crippen LogP) is 3.88. The van der Waals surface area contributed by atoms with Gasteiger partial charge in [0.1, 0.15) is 0 Å². The molecule has 0 saturated carbocycles. The Bertz CT molecular complexity index is 629. The van der Waals surface area contributed by atoms with Gasteiger partial charge in [0.25, 0.3) is 0 Å². The Hall–Kier alpha value is -1.72. The van der Waals surface area contributed by atoms with Gasteiger partial charge < -0.3 is 0 Å². The van der Waals surface area contributed by atoms with E-state index in [1.165, 1.54) is 43.5 Å². The number of rotatable bonds is 5. The molecular weight excluding hydrogens is 292 g/mol. The quantitative estimate of drug-likeness (QED) is 0.672. The summed E-state index contributed by atoms with van der Waals surface area (Å²) in [5, 5.41) is 7.18. The SMILES string of the molecule is Cc1csc(NN=Cc2ccccc2CN2CCCCC2)n1. The van der Waals surface area contributed by atoms with Gasteiger partial charge in [-0.2, -0.15) is 5.10 Å². The smallest absolute Gasteiger partial charge is 0.203 e. The van der Waals surface area contributed by atoms with E-state index in [2.05, 4.69) is 44.7 Å². The van der Waals surface area contributed by atoms with Crippen LogP contribution in [0.25, 0.3) is 0 Å². The zero-order valence-electron chi connectivity index (χ0n) is 13.0. The predicted molar refractivity (Wildman–Crippen MR) is 93.6 cm³/mol. The molecule has 0 atom stereocenters. The lowest BCUT2D eigenvalue weighted by molar-refractivity contribution is 0.221. The first kappa shape index (κ1) is 15.2. The molecule has 0 spiro atoms. The molecule has 2 aromatic rings. The summed E-state index contributed by atoms with van der Waals surface area (Å²) < 4.78 is 0. The van der Waals surface area contributed by atoms with Crippen molar-refractivity contribution in [2.24, 2.45) is 5.10 Å². The molecule has 116 valence electrons. The van der Waals surface area contributed by atoms with Gasteiger partial charge in [-0.25, -0.2) is 4.98 Å². The first-order chi connectivity index (χ1) is 10.8. The number of piperidine rings is 1. The van der Waals surface area contributed by atoms with Crippen LogP contribution in [0.15, 0.2) is 34.7 Å². The van der Waals surface area contributed by atoms with Crippen molar-refractivity contribution < 1.29 is 0 Å². The molecule has 1 N–H and O–H groups in total. The Kier molecular flexibility index (Phi) is 5.19. The minimum absolute atomic E-state index is 0.835. The van der Waals surface area contributed by atoms with E-state index in [-0.39, 0.29) is 0 Å². The highest BCUT2D eigenvalue weighted by Crippen LogP contribution is 2.16. The van der Waals surface area contributed by atoms with Crippen LogP contribution >= 0.6 is 11.3 Å². The summed E-state index contributed by atoms with van der Waals surface area (Å²) in [6, 6.07) is 8.49. The third-order valence-corrected chi connectivity index (χ3v) is 4.75. The lowest BCUT2D eigenvalue weighted by atomic mass is 10.1. The maximum absolute atomic E-state index is 4.34. The summed E-state index contributed by atoms with van der Waals surface area (Å²) >= 11 is 1.57. The van der Waals surface area contributed by atoms with Crippen molar-refractivity contribution in [1.29, 1.82) is 0 Å². The van der Waals surface area contributed by atoms with E-state index in [1.807, 2.05) is 18.5 Å². The number of hydrogen-bond acceptors (Lipinski definition) is 5. The molecule has 2 heterocycles. The van der Waals surface area contributed by atoms with Gasteiger partial charge >= 0.3 is 0 Å². The second-order valence-corrected chi connectivity index (χ2v) is 6.56. The second kappa shape index (κ2) is 7.51. The number of hydrazone groups is 1. The minimum Gasteiger partial charge on any atom is -0.299 e. The molecule has 0 bridgehead atoms. The van der Waals surface area contributed by atoms with Gasteiger partial charge in [0.15, 0.2) is 0 Å². The number of nitrogens with zero attached hydrogens (tertiary/aromatic N) is 3. The van der Waals surface area contributed by atoms with Crippen LogP contribution in [0.4, 0.5) is 5.13 Å². The fourth-order valence-corrected chi connectivity index (χ4v) is 3.36. The number of hydrogen-bond donors (Lipinski definition) is 1. The van der Waals surface area contributed by atoms with Crippen LogP contribution < -0.4 is 5.43 Å². The van der Waals surface area contributed by atoms with Crippen LogP contribution in [0.1, 0.15) is 36.1 Å². The van der Waals surface area contributed by atoms with Crippen molar-refractivity contribution in [2.45, 2.75) is 32.7 Å². The van der Waals surface area contributed by atoms with Crippen LogP contribution in [0.2, 0.25) is 0 Å². The molecule has 1 aromatic heterocycles. The second-order valence-electron chi connectivity index (χ2n) is 5.70. The Balaban J connectivity index is 1.65. The van der Waals surface area contributed by atoms with E-state index < -0.39 is 0 Å². The fraction of sp³-hybridized carbons (Fsp3) is 0.412. The van der Waals surface area contributed by atoms with Gasteiger partial charge in [-0.05, 0) is 44.0 Å². The maximum Gasteiger partial charge on any atom is 0.203 e. The van der Waals surface area contributed by atoms with Gasteiger partial charge in [0.2, 0.25) is 5.13 Å². The Labute approximate surface area is 135 Å². The number of benzene rings is 1.